The molecule has 0 spiro atoms. The fourth-order valence-electron chi connectivity index (χ4n) is 4.21. The minimum atomic E-state index is -0.473. The summed E-state index contributed by atoms with van der Waals surface area (Å²) in [4.78, 5) is 32.7. The maximum atomic E-state index is 13.3. The Bertz CT molecular complexity index is 1050. The number of amides is 1. The largest absolute Gasteiger partial charge is 0.355 e. The molecule has 1 saturated heterocycles. The van der Waals surface area contributed by atoms with E-state index in [4.69, 9.17) is 0 Å². The van der Waals surface area contributed by atoms with Gasteiger partial charge in [-0.3, -0.25) is 19.5 Å². The molecule has 1 aromatic heterocycles. The minimum absolute atomic E-state index is 0. The van der Waals surface area contributed by atoms with Crippen molar-refractivity contribution in [2.45, 2.75) is 13.0 Å². The summed E-state index contributed by atoms with van der Waals surface area (Å²) in [7, 11) is 0. The van der Waals surface area contributed by atoms with E-state index in [1.54, 1.807) is 6.20 Å². The van der Waals surface area contributed by atoms with Gasteiger partial charge in [0.1, 0.15) is 5.82 Å². The van der Waals surface area contributed by atoms with Gasteiger partial charge < -0.3 is 5.32 Å². The molecule has 0 unspecified atom stereocenters. The van der Waals surface area contributed by atoms with Crippen LogP contribution in [0.4, 0.5) is 4.39 Å². The second kappa shape index (κ2) is 11.7. The second-order valence-corrected chi connectivity index (χ2v) is 8.13. The number of benzene rings is 2. The minimum Gasteiger partial charge on any atom is -0.355 e. The van der Waals surface area contributed by atoms with Crippen LogP contribution in [0.1, 0.15) is 21.6 Å². The fourth-order valence-corrected chi connectivity index (χ4v) is 4.21. The highest BCUT2D eigenvalue weighted by Gasteiger charge is 2.41. The number of halogens is 2. The molecule has 7 heteroatoms. The molecule has 0 aliphatic carbocycles. The van der Waals surface area contributed by atoms with Crippen LogP contribution in [-0.2, 0) is 17.8 Å². The van der Waals surface area contributed by atoms with Crippen molar-refractivity contribution < 1.29 is 14.0 Å². The maximum absolute atomic E-state index is 13.3. The Morgan fingerprint density at radius 1 is 0.939 bits per heavy atom. The molecule has 1 aliphatic rings. The predicted octanol–water partition coefficient (Wildman–Crippen LogP) is 3.93. The summed E-state index contributed by atoms with van der Waals surface area (Å²) in [5.41, 5.74) is 2.48. The summed E-state index contributed by atoms with van der Waals surface area (Å²) >= 11 is 0. The molecule has 1 amide bonds. The summed E-state index contributed by atoms with van der Waals surface area (Å²) in [5, 5.41) is 2.99. The van der Waals surface area contributed by atoms with Gasteiger partial charge in [0.05, 0.1) is 5.92 Å². The van der Waals surface area contributed by atoms with E-state index in [0.717, 1.165) is 11.3 Å². The molecule has 0 saturated carbocycles. The molecule has 5 nitrogen and oxygen atoms in total. The van der Waals surface area contributed by atoms with Crippen LogP contribution in [0.15, 0.2) is 79.0 Å². The van der Waals surface area contributed by atoms with E-state index in [1.807, 2.05) is 48.5 Å². The lowest BCUT2D eigenvalue weighted by Crippen LogP contribution is -2.38. The molecule has 0 radical (unpaired) electrons. The first-order valence-corrected chi connectivity index (χ1v) is 10.8. The third kappa shape index (κ3) is 6.46. The highest BCUT2D eigenvalue weighted by Crippen LogP contribution is 2.28. The van der Waals surface area contributed by atoms with Crippen LogP contribution in [-0.4, -0.2) is 41.2 Å². The van der Waals surface area contributed by atoms with Crippen LogP contribution >= 0.6 is 12.4 Å². The molecule has 3 aromatic rings. The van der Waals surface area contributed by atoms with Crippen LogP contribution in [0.3, 0.4) is 0 Å². The number of ketones is 1. The van der Waals surface area contributed by atoms with Gasteiger partial charge in [-0.25, -0.2) is 4.39 Å². The normalized spacial score (nSPS) is 17.8. The molecule has 1 N–H and O–H groups in total. The van der Waals surface area contributed by atoms with Crippen molar-refractivity contribution in [3.8, 4) is 0 Å². The van der Waals surface area contributed by atoms with Crippen LogP contribution in [0.5, 0.6) is 0 Å². The first-order valence-electron chi connectivity index (χ1n) is 10.8. The van der Waals surface area contributed by atoms with Crippen molar-refractivity contribution in [3.05, 3.63) is 102 Å². The van der Waals surface area contributed by atoms with Gasteiger partial charge in [-0.15, -0.1) is 12.4 Å². The van der Waals surface area contributed by atoms with Crippen molar-refractivity contribution in [1.29, 1.82) is 0 Å². The molecule has 2 atom stereocenters. The van der Waals surface area contributed by atoms with Gasteiger partial charge in [0.2, 0.25) is 5.91 Å². The molecule has 33 heavy (non-hydrogen) atoms. The predicted molar refractivity (Wildman–Crippen MR) is 128 cm³/mol. The van der Waals surface area contributed by atoms with E-state index in [2.05, 4.69) is 15.2 Å². The van der Waals surface area contributed by atoms with Crippen molar-refractivity contribution in [1.82, 2.24) is 15.2 Å². The highest BCUT2D eigenvalue weighted by atomic mass is 35.5. The van der Waals surface area contributed by atoms with Gasteiger partial charge in [-0.1, -0.05) is 36.4 Å². The Morgan fingerprint density at radius 3 is 2.33 bits per heavy atom. The molecular weight excluding hydrogens is 441 g/mol. The summed E-state index contributed by atoms with van der Waals surface area (Å²) in [6.45, 7) is 2.12. The van der Waals surface area contributed by atoms with Gasteiger partial charge in [-0.05, 0) is 42.0 Å². The molecule has 0 bridgehead atoms. The molecule has 172 valence electrons. The van der Waals surface area contributed by atoms with E-state index in [1.165, 1.54) is 24.3 Å². The lowest BCUT2D eigenvalue weighted by molar-refractivity contribution is -0.125. The van der Waals surface area contributed by atoms with E-state index >= 15 is 0 Å². The zero-order chi connectivity index (χ0) is 22.3. The Kier molecular flexibility index (Phi) is 8.69. The molecule has 2 aromatic carbocycles. The number of pyridine rings is 1. The van der Waals surface area contributed by atoms with Gasteiger partial charge in [0, 0.05) is 56.0 Å². The smallest absolute Gasteiger partial charge is 0.225 e. The van der Waals surface area contributed by atoms with E-state index in [9.17, 15) is 14.0 Å². The standard InChI is InChI=1S/C26H26FN3O2.ClH/c27-21-11-9-20(10-12-21)25(31)23-17-30(16-19-6-2-1-3-7-19)18-24(23)26(32)29-15-13-22-8-4-5-14-28-22;/h1-12,14,23-24H,13,15-18H2,(H,29,32);1H/t23-,24-;/m1./s1. The number of carbonyl (C=O) groups excluding carboxylic acids is 2. The lowest BCUT2D eigenvalue weighted by atomic mass is 9.88. The topological polar surface area (TPSA) is 62.3 Å². The number of hydrogen-bond donors (Lipinski definition) is 1. The maximum Gasteiger partial charge on any atom is 0.225 e. The number of likely N-dealkylation sites (tertiary alicyclic amines) is 1. The molecule has 4 rings (SSSR count). The van der Waals surface area contributed by atoms with Crippen LogP contribution in [0.2, 0.25) is 0 Å². The SMILES string of the molecule is Cl.O=C(NCCc1ccccn1)[C@@H]1CN(Cc2ccccc2)C[C@H]1C(=O)c1ccc(F)cc1. The Morgan fingerprint density at radius 2 is 1.64 bits per heavy atom. The zero-order valence-electron chi connectivity index (χ0n) is 18.2. The summed E-state index contributed by atoms with van der Waals surface area (Å²) in [5.74, 6) is -1.57. The van der Waals surface area contributed by atoms with Crippen LogP contribution < -0.4 is 5.32 Å². The van der Waals surface area contributed by atoms with Crippen molar-refractivity contribution in [2.75, 3.05) is 19.6 Å². The number of nitrogens with zero attached hydrogens (tertiary/aromatic N) is 2. The lowest BCUT2D eigenvalue weighted by Gasteiger charge is -2.17. The number of aromatic nitrogens is 1. The van der Waals surface area contributed by atoms with Gasteiger partial charge in [0.25, 0.3) is 0 Å². The van der Waals surface area contributed by atoms with Gasteiger partial charge >= 0.3 is 0 Å². The zero-order valence-corrected chi connectivity index (χ0v) is 19.0. The van der Waals surface area contributed by atoms with Gasteiger partial charge in [0.15, 0.2) is 5.78 Å². The first kappa shape index (κ1) is 24.6. The van der Waals surface area contributed by atoms with Crippen molar-refractivity contribution in [2.24, 2.45) is 11.8 Å². The number of hydrogen-bond acceptors (Lipinski definition) is 4. The first-order chi connectivity index (χ1) is 15.6. The van der Waals surface area contributed by atoms with Crippen molar-refractivity contribution >= 4 is 24.1 Å². The van der Waals surface area contributed by atoms with E-state index in [0.29, 0.717) is 38.2 Å². The Labute approximate surface area is 199 Å². The monoisotopic (exact) mass is 467 g/mol. The highest BCUT2D eigenvalue weighted by molar-refractivity contribution is 6.01. The third-order valence-electron chi connectivity index (χ3n) is 5.85. The summed E-state index contributed by atoms with van der Waals surface area (Å²) in [6, 6.07) is 21.2. The van der Waals surface area contributed by atoms with Gasteiger partial charge in [-0.2, -0.15) is 0 Å². The second-order valence-electron chi connectivity index (χ2n) is 8.13. The molecule has 2 heterocycles. The Balaban J connectivity index is 0.00000306. The molecular formula is C26H27ClFN3O2. The van der Waals surface area contributed by atoms with E-state index < -0.39 is 11.8 Å². The summed E-state index contributed by atoms with van der Waals surface area (Å²) < 4.78 is 13.3. The van der Waals surface area contributed by atoms with Crippen molar-refractivity contribution in [3.63, 3.8) is 0 Å². The quantitative estimate of drug-likeness (QED) is 0.510. The number of carbonyl (C=O) groups is 2. The number of rotatable bonds is 8. The number of nitrogens with one attached hydrogen (secondary N) is 1. The average molecular weight is 468 g/mol. The fraction of sp³-hybridized carbons (Fsp3) is 0.269. The molecule has 1 aliphatic heterocycles. The van der Waals surface area contributed by atoms with Crippen LogP contribution in [0, 0.1) is 17.7 Å². The average Bonchev–Trinajstić information content (AvgIpc) is 3.24. The molecule has 1 fully saturated rings. The van der Waals surface area contributed by atoms with E-state index in [-0.39, 0.29) is 29.9 Å². The Hall–Kier alpha value is -3.09. The third-order valence-corrected chi connectivity index (χ3v) is 5.85. The number of Topliss-reactive ketones (excluding diaryl/α,β-unsaturated/α-hetero) is 1. The summed E-state index contributed by atoms with van der Waals surface area (Å²) in [6.07, 6.45) is 2.36. The van der Waals surface area contributed by atoms with Crippen LogP contribution in [0.25, 0.3) is 0 Å².